The van der Waals surface area contributed by atoms with Gasteiger partial charge in [-0.3, -0.25) is 0 Å². The maximum Gasteiger partial charge on any atom is 0.130 e. The summed E-state index contributed by atoms with van der Waals surface area (Å²) in [5, 5.41) is 8.03. The first kappa shape index (κ1) is 11.0. The van der Waals surface area contributed by atoms with Gasteiger partial charge < -0.3 is 10.1 Å². The van der Waals surface area contributed by atoms with Crippen molar-refractivity contribution in [3.05, 3.63) is 41.6 Å². The summed E-state index contributed by atoms with van der Waals surface area (Å²) in [4.78, 5) is 0. The van der Waals surface area contributed by atoms with E-state index in [0.29, 0.717) is 6.61 Å². The number of anilines is 1. The highest BCUT2D eigenvalue weighted by Gasteiger charge is 2.01. The van der Waals surface area contributed by atoms with Crippen LogP contribution in [0.2, 0.25) is 0 Å². The maximum absolute atomic E-state index is 5.16. The van der Waals surface area contributed by atoms with E-state index in [1.807, 2.05) is 12.1 Å². The lowest BCUT2D eigenvalue weighted by Crippen LogP contribution is -2.02. The largest absolute Gasteiger partial charge is 0.380 e. The fourth-order valence-electron chi connectivity index (χ4n) is 1.45. The molecular weight excluding hydrogens is 222 g/mol. The molecule has 1 heterocycles. The second-order valence-corrected chi connectivity index (χ2v) is 4.12. The van der Waals surface area contributed by atoms with E-state index >= 15 is 0 Å². The summed E-state index contributed by atoms with van der Waals surface area (Å²) in [6.45, 7) is 1.40. The van der Waals surface area contributed by atoms with Crippen molar-refractivity contribution in [3.8, 4) is 0 Å². The van der Waals surface area contributed by atoms with Gasteiger partial charge in [-0.2, -0.15) is 0 Å². The second-order valence-electron chi connectivity index (χ2n) is 3.34. The van der Waals surface area contributed by atoms with Crippen molar-refractivity contribution < 1.29 is 4.74 Å². The molecule has 2 rings (SSSR count). The van der Waals surface area contributed by atoms with Gasteiger partial charge in [0.15, 0.2) is 0 Å². The fraction of sp³-hybridized carbons (Fsp3) is 0.273. The molecule has 0 fully saturated rings. The van der Waals surface area contributed by atoms with Crippen LogP contribution in [0.3, 0.4) is 0 Å². The Morgan fingerprint density at radius 2 is 2.12 bits per heavy atom. The molecule has 0 aliphatic rings. The van der Waals surface area contributed by atoms with E-state index in [0.717, 1.165) is 11.5 Å². The van der Waals surface area contributed by atoms with Crippen LogP contribution in [-0.4, -0.2) is 16.7 Å². The summed E-state index contributed by atoms with van der Waals surface area (Å²) in [6.07, 6.45) is 1.73. The SMILES string of the molecule is COCc1ccccc1CNc1cnns1. The molecule has 16 heavy (non-hydrogen) atoms. The number of hydrogen-bond donors (Lipinski definition) is 1. The highest BCUT2D eigenvalue weighted by molar-refractivity contribution is 7.09. The molecule has 0 aliphatic carbocycles. The van der Waals surface area contributed by atoms with Crippen LogP contribution in [0.15, 0.2) is 30.5 Å². The summed E-state index contributed by atoms with van der Waals surface area (Å²) in [6, 6.07) is 8.22. The van der Waals surface area contributed by atoms with Crippen LogP contribution in [0.5, 0.6) is 0 Å². The third-order valence-corrected chi connectivity index (χ3v) is 2.85. The van der Waals surface area contributed by atoms with Crippen molar-refractivity contribution in [3.63, 3.8) is 0 Å². The molecule has 1 aromatic heterocycles. The molecule has 0 atom stereocenters. The predicted octanol–water partition coefficient (Wildman–Crippen LogP) is 2.30. The van der Waals surface area contributed by atoms with Gasteiger partial charge in [-0.1, -0.05) is 28.8 Å². The minimum atomic E-state index is 0.638. The van der Waals surface area contributed by atoms with E-state index in [4.69, 9.17) is 4.74 Å². The molecule has 4 nitrogen and oxygen atoms in total. The Kier molecular flexibility index (Phi) is 3.85. The Labute approximate surface area is 98.4 Å². The van der Waals surface area contributed by atoms with Gasteiger partial charge in [-0.25, -0.2) is 0 Å². The number of hydrogen-bond acceptors (Lipinski definition) is 5. The van der Waals surface area contributed by atoms with Crippen LogP contribution in [0.4, 0.5) is 5.00 Å². The first-order valence-corrected chi connectivity index (χ1v) is 5.74. The first-order valence-electron chi connectivity index (χ1n) is 4.97. The topological polar surface area (TPSA) is 47.0 Å². The van der Waals surface area contributed by atoms with Gasteiger partial charge in [-0.15, -0.1) is 5.10 Å². The lowest BCUT2D eigenvalue weighted by molar-refractivity contribution is 0.184. The smallest absolute Gasteiger partial charge is 0.130 e. The van der Waals surface area contributed by atoms with Crippen molar-refractivity contribution in [2.75, 3.05) is 12.4 Å². The fourth-order valence-corrected chi connectivity index (χ4v) is 1.87. The third-order valence-electron chi connectivity index (χ3n) is 2.23. The summed E-state index contributed by atoms with van der Waals surface area (Å²) in [5.74, 6) is 0. The van der Waals surface area contributed by atoms with Crippen LogP contribution in [0.1, 0.15) is 11.1 Å². The van der Waals surface area contributed by atoms with Crippen LogP contribution in [0.25, 0.3) is 0 Å². The Balaban J connectivity index is 2.03. The quantitative estimate of drug-likeness (QED) is 0.863. The molecule has 0 radical (unpaired) electrons. The minimum absolute atomic E-state index is 0.638. The molecule has 0 amide bonds. The standard InChI is InChI=1S/C11H13N3OS/c1-15-8-10-5-3-2-4-9(10)6-12-11-7-13-14-16-11/h2-5,7,12H,6,8H2,1H3. The summed E-state index contributed by atoms with van der Waals surface area (Å²) in [7, 11) is 1.71. The van der Waals surface area contributed by atoms with Crippen LogP contribution >= 0.6 is 11.5 Å². The van der Waals surface area contributed by atoms with Crippen molar-refractivity contribution >= 4 is 16.5 Å². The van der Waals surface area contributed by atoms with Crippen molar-refractivity contribution in [2.24, 2.45) is 0 Å². The van der Waals surface area contributed by atoms with Gasteiger partial charge in [0.1, 0.15) is 5.00 Å². The normalized spacial score (nSPS) is 10.3. The molecule has 1 N–H and O–H groups in total. The molecule has 5 heteroatoms. The number of ether oxygens (including phenoxy) is 1. The Bertz CT molecular complexity index is 431. The minimum Gasteiger partial charge on any atom is -0.380 e. The summed E-state index contributed by atoms with van der Waals surface area (Å²) >= 11 is 1.36. The zero-order chi connectivity index (χ0) is 11.2. The van der Waals surface area contributed by atoms with E-state index in [-0.39, 0.29) is 0 Å². The molecule has 0 unspecified atom stereocenters. The third kappa shape index (κ3) is 2.77. The Morgan fingerprint density at radius 3 is 2.81 bits per heavy atom. The number of nitrogens with zero attached hydrogens (tertiary/aromatic N) is 2. The zero-order valence-electron chi connectivity index (χ0n) is 9.01. The van der Waals surface area contributed by atoms with Crippen LogP contribution in [-0.2, 0) is 17.9 Å². The zero-order valence-corrected chi connectivity index (χ0v) is 9.83. The van der Waals surface area contributed by atoms with E-state index in [1.54, 1.807) is 13.3 Å². The highest BCUT2D eigenvalue weighted by Crippen LogP contribution is 2.14. The molecule has 0 bridgehead atoms. The van der Waals surface area contributed by atoms with E-state index in [9.17, 15) is 0 Å². The number of aromatic nitrogens is 2. The van der Waals surface area contributed by atoms with E-state index in [2.05, 4.69) is 27.0 Å². The maximum atomic E-state index is 5.16. The Morgan fingerprint density at radius 1 is 1.31 bits per heavy atom. The molecule has 1 aromatic carbocycles. The molecule has 0 aliphatic heterocycles. The van der Waals surface area contributed by atoms with Crippen molar-refractivity contribution in [2.45, 2.75) is 13.2 Å². The lowest BCUT2D eigenvalue weighted by Gasteiger charge is -2.08. The molecule has 2 aromatic rings. The van der Waals surface area contributed by atoms with E-state index < -0.39 is 0 Å². The van der Waals surface area contributed by atoms with Gasteiger partial charge in [0.2, 0.25) is 0 Å². The number of benzene rings is 1. The first-order chi connectivity index (χ1) is 7.90. The van der Waals surface area contributed by atoms with Gasteiger partial charge in [0, 0.05) is 25.2 Å². The average molecular weight is 235 g/mol. The second kappa shape index (κ2) is 5.58. The van der Waals surface area contributed by atoms with Crippen LogP contribution < -0.4 is 5.32 Å². The monoisotopic (exact) mass is 235 g/mol. The molecule has 0 spiro atoms. The summed E-state index contributed by atoms with van der Waals surface area (Å²) in [5.41, 5.74) is 2.44. The number of methoxy groups -OCH3 is 1. The van der Waals surface area contributed by atoms with Gasteiger partial charge >= 0.3 is 0 Å². The molecule has 0 saturated carbocycles. The van der Waals surface area contributed by atoms with Crippen molar-refractivity contribution in [1.82, 2.24) is 9.59 Å². The highest BCUT2D eigenvalue weighted by atomic mass is 32.1. The van der Waals surface area contributed by atoms with Gasteiger partial charge in [0.05, 0.1) is 12.8 Å². The van der Waals surface area contributed by atoms with Gasteiger partial charge in [0.25, 0.3) is 0 Å². The molecule has 84 valence electrons. The van der Waals surface area contributed by atoms with Crippen LogP contribution in [0, 0.1) is 0 Å². The molecule has 0 saturated heterocycles. The number of rotatable bonds is 5. The summed E-state index contributed by atoms with van der Waals surface area (Å²) < 4.78 is 8.95. The average Bonchev–Trinajstić information content (AvgIpc) is 2.81. The number of nitrogens with one attached hydrogen (secondary N) is 1. The lowest BCUT2D eigenvalue weighted by atomic mass is 10.1. The van der Waals surface area contributed by atoms with Gasteiger partial charge in [-0.05, 0) is 11.1 Å². The Hall–Kier alpha value is -1.46. The molecular formula is C11H13N3OS. The van der Waals surface area contributed by atoms with E-state index in [1.165, 1.54) is 22.7 Å². The van der Waals surface area contributed by atoms with Crippen molar-refractivity contribution in [1.29, 1.82) is 0 Å². The predicted molar refractivity (Wildman–Crippen MR) is 64.4 cm³/mol.